The van der Waals surface area contributed by atoms with Crippen LogP contribution >= 0.6 is 11.6 Å². The summed E-state index contributed by atoms with van der Waals surface area (Å²) in [4.78, 5) is 28.0. The van der Waals surface area contributed by atoms with Gasteiger partial charge in [0.2, 0.25) is 12.4 Å². The van der Waals surface area contributed by atoms with Crippen molar-refractivity contribution in [2.45, 2.75) is 52.4 Å². The SMILES string of the molecule is CC[n+]1c(CN2C(=O)c3ccccc3C2=O)n(CC2CCOCC2)c2cc(OCCC[n+]3cc(O)cc(OC)c3)c(Cl)cc21. The zero-order valence-electron chi connectivity index (χ0n) is 25.0. The highest BCUT2D eigenvalue weighted by Crippen LogP contribution is 2.33. The predicted octanol–water partition coefficient (Wildman–Crippen LogP) is 4.30. The third kappa shape index (κ3) is 5.84. The van der Waals surface area contributed by atoms with Gasteiger partial charge in [-0.1, -0.05) is 23.7 Å². The molecule has 2 amide bonds. The van der Waals surface area contributed by atoms with E-state index in [0.717, 1.165) is 36.2 Å². The van der Waals surface area contributed by atoms with Crippen LogP contribution in [0.25, 0.3) is 11.0 Å². The second kappa shape index (κ2) is 12.8. The first-order chi connectivity index (χ1) is 21.4. The van der Waals surface area contributed by atoms with E-state index in [1.54, 1.807) is 43.6 Å². The number of rotatable bonds is 11. The van der Waals surface area contributed by atoms with Gasteiger partial charge in [-0.3, -0.25) is 14.5 Å². The van der Waals surface area contributed by atoms with Crippen molar-refractivity contribution in [1.82, 2.24) is 9.47 Å². The molecule has 0 unspecified atom stereocenters. The van der Waals surface area contributed by atoms with Crippen LogP contribution in [-0.2, 0) is 30.9 Å². The molecule has 2 aliphatic rings. The largest absolute Gasteiger partial charge is 0.503 e. The number of hydrogen-bond acceptors (Lipinski definition) is 6. The van der Waals surface area contributed by atoms with Gasteiger partial charge in [0.15, 0.2) is 29.1 Å². The monoisotopic (exact) mass is 620 g/mol. The number of fused-ring (bicyclic) bond motifs is 2. The van der Waals surface area contributed by atoms with Crippen LogP contribution in [0.1, 0.15) is 52.7 Å². The second-order valence-electron chi connectivity index (χ2n) is 11.2. The molecule has 44 heavy (non-hydrogen) atoms. The fourth-order valence-electron chi connectivity index (χ4n) is 6.20. The van der Waals surface area contributed by atoms with Crippen molar-refractivity contribution in [2.24, 2.45) is 5.92 Å². The topological polar surface area (TPSA) is 98.0 Å². The van der Waals surface area contributed by atoms with Gasteiger partial charge in [-0.2, -0.15) is 4.57 Å². The standard InChI is InChI=1S/C33H36ClN4O6/c1-3-36-28-16-27(34)30(44-12-6-11-35-19-23(39)15-24(20-35)42-2)17-29(28)37(18-22-9-13-43-14-10-22)31(36)21-38-32(40)25-7-4-5-8-26(25)33(38)41/h4-5,7-8,15-17,19-20,22H,3,6,9-14,18,21H2,1-2H3/q+1/p+1. The molecule has 0 spiro atoms. The van der Waals surface area contributed by atoms with E-state index in [0.29, 0.717) is 72.9 Å². The van der Waals surface area contributed by atoms with Crippen LogP contribution < -0.4 is 18.6 Å². The molecule has 0 bridgehead atoms. The van der Waals surface area contributed by atoms with E-state index >= 15 is 0 Å². The zero-order valence-corrected chi connectivity index (χ0v) is 25.8. The third-order valence-corrected chi connectivity index (χ3v) is 8.74. The van der Waals surface area contributed by atoms with E-state index in [1.165, 1.54) is 4.90 Å². The number of aromatic hydroxyl groups is 1. The minimum absolute atomic E-state index is 0.130. The maximum Gasteiger partial charge on any atom is 0.277 e. The molecule has 1 saturated heterocycles. The molecule has 0 radical (unpaired) electrons. The molecule has 11 heteroatoms. The molecule has 0 atom stereocenters. The van der Waals surface area contributed by atoms with Gasteiger partial charge < -0.3 is 19.3 Å². The van der Waals surface area contributed by atoms with Crippen molar-refractivity contribution in [2.75, 3.05) is 26.9 Å². The van der Waals surface area contributed by atoms with Crippen LogP contribution in [0, 0.1) is 5.92 Å². The van der Waals surface area contributed by atoms with Gasteiger partial charge in [-0.15, -0.1) is 0 Å². The predicted molar refractivity (Wildman–Crippen MR) is 162 cm³/mol. The van der Waals surface area contributed by atoms with Crippen LogP contribution in [0.3, 0.4) is 0 Å². The Labute approximate surface area is 260 Å². The first-order valence-electron chi connectivity index (χ1n) is 15.0. The number of methoxy groups -OCH3 is 1. The van der Waals surface area contributed by atoms with Crippen LogP contribution in [0.2, 0.25) is 5.02 Å². The Bertz CT molecular complexity index is 1680. The fourth-order valence-corrected chi connectivity index (χ4v) is 6.41. The minimum atomic E-state index is -0.277. The van der Waals surface area contributed by atoms with Gasteiger partial charge in [0.25, 0.3) is 17.6 Å². The lowest BCUT2D eigenvalue weighted by Gasteiger charge is -2.21. The number of aryl methyl sites for hydroxylation is 2. The molecule has 230 valence electrons. The van der Waals surface area contributed by atoms with Gasteiger partial charge in [-0.25, -0.2) is 9.13 Å². The highest BCUT2D eigenvalue weighted by molar-refractivity contribution is 6.32. The summed E-state index contributed by atoms with van der Waals surface area (Å²) >= 11 is 6.78. The Morgan fingerprint density at radius 3 is 2.48 bits per heavy atom. The number of nitrogens with zero attached hydrogens (tertiary/aromatic N) is 4. The number of benzene rings is 2. The molecule has 1 fully saturated rings. The normalized spacial score (nSPS) is 15.3. The van der Waals surface area contributed by atoms with E-state index < -0.39 is 0 Å². The molecule has 10 nitrogen and oxygen atoms in total. The third-order valence-electron chi connectivity index (χ3n) is 8.44. The lowest BCUT2D eigenvalue weighted by molar-refractivity contribution is -0.698. The number of amides is 2. The molecule has 4 aromatic rings. The molecule has 0 saturated carbocycles. The van der Waals surface area contributed by atoms with Gasteiger partial charge in [0.1, 0.15) is 12.3 Å². The zero-order chi connectivity index (χ0) is 30.8. The average molecular weight is 621 g/mol. The van der Waals surface area contributed by atoms with E-state index in [4.69, 9.17) is 25.8 Å². The lowest BCUT2D eigenvalue weighted by Crippen LogP contribution is -2.42. The summed E-state index contributed by atoms with van der Waals surface area (Å²) in [6, 6.07) is 12.4. The van der Waals surface area contributed by atoms with E-state index in [-0.39, 0.29) is 24.1 Å². The Morgan fingerprint density at radius 1 is 1.07 bits per heavy atom. The van der Waals surface area contributed by atoms with Crippen LogP contribution in [0.5, 0.6) is 17.2 Å². The van der Waals surface area contributed by atoms with Crippen molar-refractivity contribution in [3.63, 3.8) is 0 Å². The highest BCUT2D eigenvalue weighted by Gasteiger charge is 2.39. The molecule has 2 aromatic carbocycles. The fraction of sp³-hybridized carbons (Fsp3) is 0.394. The molecule has 2 aliphatic heterocycles. The summed E-state index contributed by atoms with van der Waals surface area (Å²) in [5.74, 6) is 1.98. The van der Waals surface area contributed by atoms with Crippen LogP contribution in [0.4, 0.5) is 0 Å². The maximum absolute atomic E-state index is 13.3. The Balaban J connectivity index is 1.30. The van der Waals surface area contributed by atoms with E-state index in [1.807, 2.05) is 22.9 Å². The molecule has 6 rings (SSSR count). The first-order valence-corrected chi connectivity index (χ1v) is 15.4. The minimum Gasteiger partial charge on any atom is -0.503 e. The molecular weight excluding hydrogens is 584 g/mol. The van der Waals surface area contributed by atoms with E-state index in [9.17, 15) is 14.7 Å². The smallest absolute Gasteiger partial charge is 0.277 e. The van der Waals surface area contributed by atoms with Crippen molar-refractivity contribution in [3.05, 3.63) is 76.8 Å². The summed E-state index contributed by atoms with van der Waals surface area (Å²) < 4.78 is 23.3. The summed E-state index contributed by atoms with van der Waals surface area (Å²) in [5, 5.41) is 10.4. The van der Waals surface area contributed by atoms with Crippen LogP contribution in [-0.4, -0.2) is 53.3 Å². The number of carbonyl (C=O) groups is 2. The average Bonchev–Trinajstić information content (AvgIpc) is 3.44. The van der Waals surface area contributed by atoms with Gasteiger partial charge in [-0.05, 0) is 31.9 Å². The van der Waals surface area contributed by atoms with Gasteiger partial charge in [0, 0.05) is 43.8 Å². The number of hydrogen-bond donors (Lipinski definition) is 1. The van der Waals surface area contributed by atoms with Crippen molar-refractivity contribution < 1.29 is 38.0 Å². The molecule has 4 heterocycles. The second-order valence-corrected chi connectivity index (χ2v) is 11.6. The van der Waals surface area contributed by atoms with Gasteiger partial charge >= 0.3 is 0 Å². The molecule has 0 aliphatic carbocycles. The number of pyridine rings is 1. The number of carbonyl (C=O) groups excluding carboxylic acids is 2. The highest BCUT2D eigenvalue weighted by atomic mass is 35.5. The quantitative estimate of drug-likeness (QED) is 0.153. The summed E-state index contributed by atoms with van der Waals surface area (Å²) in [5.41, 5.74) is 2.74. The molecular formula is C33H37ClN4O6+2. The molecule has 1 N–H and O–H groups in total. The number of imide groups is 1. The number of imidazole rings is 1. The van der Waals surface area contributed by atoms with Crippen molar-refractivity contribution in [3.8, 4) is 17.2 Å². The first kappa shape index (κ1) is 29.9. The Morgan fingerprint density at radius 2 is 1.80 bits per heavy atom. The summed E-state index contributed by atoms with van der Waals surface area (Å²) in [6.45, 7) is 6.02. The van der Waals surface area contributed by atoms with Crippen molar-refractivity contribution in [1.29, 1.82) is 0 Å². The van der Waals surface area contributed by atoms with Gasteiger partial charge in [0.05, 0.1) is 43.0 Å². The summed E-state index contributed by atoms with van der Waals surface area (Å²) in [6.07, 6.45) is 6.01. The van der Waals surface area contributed by atoms with Crippen LogP contribution in [0.15, 0.2) is 54.9 Å². The van der Waals surface area contributed by atoms with E-state index in [2.05, 4.69) is 16.1 Å². The maximum atomic E-state index is 13.3. The lowest BCUT2D eigenvalue weighted by atomic mass is 10.0. The van der Waals surface area contributed by atoms with Crippen molar-refractivity contribution >= 4 is 34.4 Å². The number of ether oxygens (including phenoxy) is 3. The Hall–Kier alpha value is -4.15. The number of aromatic nitrogens is 3. The Kier molecular flexibility index (Phi) is 8.72. The molecule has 2 aromatic heterocycles. The number of halogens is 1. The summed E-state index contributed by atoms with van der Waals surface area (Å²) in [7, 11) is 1.56.